The molecule has 1 aliphatic rings. The number of fused-ring (bicyclic) bond motifs is 1. The van der Waals surface area contributed by atoms with E-state index in [2.05, 4.69) is 10.2 Å². The average molecular weight is 434 g/mol. The highest BCUT2D eigenvalue weighted by Crippen LogP contribution is 2.32. The van der Waals surface area contributed by atoms with Gasteiger partial charge in [0.15, 0.2) is 0 Å². The summed E-state index contributed by atoms with van der Waals surface area (Å²) in [5, 5.41) is 4.23. The minimum atomic E-state index is -3.79. The Morgan fingerprint density at radius 2 is 1.42 bits per heavy atom. The number of ether oxygens (including phenoxy) is 1. The smallest absolute Gasteiger partial charge is 0.269 e. The topological polar surface area (TPSA) is 63.6 Å². The van der Waals surface area contributed by atoms with Crippen LogP contribution in [0.2, 0.25) is 0 Å². The van der Waals surface area contributed by atoms with E-state index in [0.29, 0.717) is 22.8 Å². The first kappa shape index (κ1) is 19.7. The lowest BCUT2D eigenvalue weighted by Crippen LogP contribution is -2.44. The van der Waals surface area contributed by atoms with Crippen molar-refractivity contribution >= 4 is 26.7 Å². The Morgan fingerprint density at radius 3 is 2.16 bits per heavy atom. The third-order valence-electron chi connectivity index (χ3n) is 5.43. The van der Waals surface area contributed by atoms with Crippen molar-refractivity contribution in [1.82, 2.24) is 9.29 Å². The van der Waals surface area contributed by atoms with Crippen LogP contribution in [0.25, 0.3) is 10.9 Å². The predicted molar refractivity (Wildman–Crippen MR) is 123 cm³/mol. The van der Waals surface area contributed by atoms with Gasteiger partial charge in [0.1, 0.15) is 17.3 Å². The van der Waals surface area contributed by atoms with Gasteiger partial charge in [0.2, 0.25) is 0 Å². The third kappa shape index (κ3) is 3.78. The highest BCUT2D eigenvalue weighted by molar-refractivity contribution is 7.90. The highest BCUT2D eigenvalue weighted by Gasteiger charge is 2.26. The van der Waals surface area contributed by atoms with Crippen LogP contribution in [-0.2, 0) is 10.0 Å². The van der Waals surface area contributed by atoms with Gasteiger partial charge in [-0.2, -0.15) is 0 Å². The van der Waals surface area contributed by atoms with Gasteiger partial charge in [-0.05, 0) is 48.5 Å². The number of piperazine rings is 1. The van der Waals surface area contributed by atoms with Gasteiger partial charge in [0.05, 0.1) is 10.4 Å². The summed E-state index contributed by atoms with van der Waals surface area (Å²) in [5.41, 5.74) is 0.681. The van der Waals surface area contributed by atoms with Crippen LogP contribution in [0.4, 0.5) is 5.82 Å². The molecular formula is C24H23N3O3S. The van der Waals surface area contributed by atoms with Crippen molar-refractivity contribution in [1.29, 1.82) is 0 Å². The van der Waals surface area contributed by atoms with E-state index in [9.17, 15) is 8.42 Å². The van der Waals surface area contributed by atoms with E-state index in [0.717, 1.165) is 31.6 Å². The van der Waals surface area contributed by atoms with Crippen molar-refractivity contribution in [3.63, 3.8) is 0 Å². The van der Waals surface area contributed by atoms with Crippen molar-refractivity contribution in [2.45, 2.75) is 4.90 Å². The molecule has 1 N–H and O–H groups in total. The molecule has 3 aromatic carbocycles. The normalized spacial score (nSPS) is 14.6. The van der Waals surface area contributed by atoms with Crippen LogP contribution in [-0.4, -0.2) is 38.6 Å². The number of anilines is 1. The molecule has 6 nitrogen and oxygen atoms in total. The molecule has 4 aromatic rings. The third-order valence-corrected chi connectivity index (χ3v) is 7.16. The second kappa shape index (κ2) is 8.09. The van der Waals surface area contributed by atoms with Crippen LogP contribution in [0.3, 0.4) is 0 Å². The number of hydrogen-bond donors (Lipinski definition) is 1. The molecule has 1 aromatic heterocycles. The first-order valence-electron chi connectivity index (χ1n) is 10.3. The van der Waals surface area contributed by atoms with E-state index < -0.39 is 10.0 Å². The van der Waals surface area contributed by atoms with Gasteiger partial charge >= 0.3 is 0 Å². The highest BCUT2D eigenvalue weighted by atomic mass is 32.2. The van der Waals surface area contributed by atoms with Crippen LogP contribution in [0, 0.1) is 0 Å². The standard InChI is InChI=1S/C24H23N3O3S/c28-31(29,22-12-10-21(11-13-22)30-20-7-2-1-3-8-20)27-23-9-5-4-6-19(23)18-24(27)26-16-14-25-15-17-26/h1-13,18,25H,14-17H2. The molecule has 1 fully saturated rings. The van der Waals surface area contributed by atoms with E-state index >= 15 is 0 Å². The summed E-state index contributed by atoms with van der Waals surface area (Å²) in [5.74, 6) is 1.99. The fraction of sp³-hybridized carbons (Fsp3) is 0.167. The quantitative estimate of drug-likeness (QED) is 0.514. The number of benzene rings is 3. The number of aromatic nitrogens is 1. The van der Waals surface area contributed by atoms with Gasteiger partial charge in [-0.1, -0.05) is 36.4 Å². The van der Waals surface area contributed by atoms with Crippen LogP contribution >= 0.6 is 0 Å². The molecule has 0 radical (unpaired) electrons. The van der Waals surface area contributed by atoms with E-state index in [1.165, 1.54) is 3.97 Å². The maximum absolute atomic E-state index is 13.7. The second-order valence-corrected chi connectivity index (χ2v) is 9.24. The van der Waals surface area contributed by atoms with Gasteiger partial charge in [0.25, 0.3) is 10.0 Å². The molecule has 0 spiro atoms. The van der Waals surface area contributed by atoms with Crippen LogP contribution < -0.4 is 15.0 Å². The number of hydrogen-bond acceptors (Lipinski definition) is 5. The summed E-state index contributed by atoms with van der Waals surface area (Å²) in [6.07, 6.45) is 0. The van der Waals surface area contributed by atoms with Gasteiger partial charge in [-0.25, -0.2) is 12.4 Å². The largest absolute Gasteiger partial charge is 0.457 e. The van der Waals surface area contributed by atoms with Gasteiger partial charge < -0.3 is 15.0 Å². The Kier molecular flexibility index (Phi) is 5.13. The van der Waals surface area contributed by atoms with Crippen LogP contribution in [0.1, 0.15) is 0 Å². The molecule has 1 aliphatic heterocycles. The van der Waals surface area contributed by atoms with Gasteiger partial charge in [-0.15, -0.1) is 0 Å². The first-order valence-corrected chi connectivity index (χ1v) is 11.7. The van der Waals surface area contributed by atoms with Crippen LogP contribution in [0.5, 0.6) is 11.5 Å². The molecule has 31 heavy (non-hydrogen) atoms. The zero-order valence-corrected chi connectivity index (χ0v) is 17.8. The number of rotatable bonds is 5. The molecule has 0 amide bonds. The molecule has 0 aliphatic carbocycles. The van der Waals surface area contributed by atoms with Gasteiger partial charge in [-0.3, -0.25) is 0 Å². The molecule has 5 rings (SSSR count). The van der Waals surface area contributed by atoms with Crippen molar-refractivity contribution < 1.29 is 13.2 Å². The fourth-order valence-electron chi connectivity index (χ4n) is 3.89. The lowest BCUT2D eigenvalue weighted by atomic mass is 10.2. The Labute approximate surface area is 181 Å². The minimum Gasteiger partial charge on any atom is -0.457 e. The van der Waals surface area contributed by atoms with Crippen molar-refractivity contribution in [3.05, 3.63) is 84.9 Å². The summed E-state index contributed by atoms with van der Waals surface area (Å²) in [4.78, 5) is 2.35. The second-order valence-electron chi connectivity index (χ2n) is 7.45. The lowest BCUT2D eigenvalue weighted by Gasteiger charge is -2.30. The molecular weight excluding hydrogens is 410 g/mol. The fourth-order valence-corrected chi connectivity index (χ4v) is 5.42. The Balaban J connectivity index is 1.54. The van der Waals surface area contributed by atoms with Crippen molar-refractivity contribution in [2.75, 3.05) is 31.1 Å². The zero-order valence-electron chi connectivity index (χ0n) is 16.9. The summed E-state index contributed by atoms with van der Waals surface area (Å²) in [7, 11) is -3.79. The number of para-hydroxylation sites is 2. The van der Waals surface area contributed by atoms with Gasteiger partial charge in [0, 0.05) is 31.6 Å². The molecule has 7 heteroatoms. The Morgan fingerprint density at radius 1 is 0.774 bits per heavy atom. The molecule has 2 heterocycles. The maximum atomic E-state index is 13.7. The molecule has 1 saturated heterocycles. The molecule has 0 unspecified atom stereocenters. The molecule has 0 saturated carbocycles. The molecule has 0 bridgehead atoms. The lowest BCUT2D eigenvalue weighted by molar-refractivity contribution is 0.482. The van der Waals surface area contributed by atoms with E-state index in [-0.39, 0.29) is 4.90 Å². The zero-order chi connectivity index (χ0) is 21.3. The first-order chi connectivity index (χ1) is 15.1. The van der Waals surface area contributed by atoms with Crippen molar-refractivity contribution in [2.24, 2.45) is 0 Å². The van der Waals surface area contributed by atoms with E-state index in [1.54, 1.807) is 24.3 Å². The summed E-state index contributed by atoms with van der Waals surface area (Å²) in [6.45, 7) is 3.17. The SMILES string of the molecule is O=S(=O)(c1ccc(Oc2ccccc2)cc1)n1c(N2CCNCC2)cc2ccccc21. The Hall–Kier alpha value is -3.29. The molecule has 0 atom stereocenters. The summed E-state index contributed by atoms with van der Waals surface area (Å²) in [6, 6.07) is 25.6. The Bertz CT molecular complexity index is 1290. The van der Waals surface area contributed by atoms with Crippen LogP contribution in [0.15, 0.2) is 89.8 Å². The molecule has 158 valence electrons. The van der Waals surface area contributed by atoms with Crippen molar-refractivity contribution in [3.8, 4) is 11.5 Å². The van der Waals surface area contributed by atoms with E-state index in [4.69, 9.17) is 4.74 Å². The monoisotopic (exact) mass is 433 g/mol. The maximum Gasteiger partial charge on any atom is 0.269 e. The number of nitrogens with one attached hydrogen (secondary N) is 1. The average Bonchev–Trinajstić information content (AvgIpc) is 3.21. The number of nitrogens with zero attached hydrogens (tertiary/aromatic N) is 2. The van der Waals surface area contributed by atoms with E-state index in [1.807, 2.05) is 60.7 Å². The summed E-state index contributed by atoms with van der Waals surface area (Å²) < 4.78 is 34.7. The minimum absolute atomic E-state index is 0.227. The predicted octanol–water partition coefficient (Wildman–Crippen LogP) is 4.08. The summed E-state index contributed by atoms with van der Waals surface area (Å²) >= 11 is 0.